The maximum Gasteiger partial charge on any atom is 0.325 e. The summed E-state index contributed by atoms with van der Waals surface area (Å²) in [5.74, 6) is -2.14. The molecule has 7 nitrogen and oxygen atoms in total. The van der Waals surface area contributed by atoms with Gasteiger partial charge in [-0.15, -0.1) is 0 Å². The highest BCUT2D eigenvalue weighted by Gasteiger charge is 2.25. The molecule has 0 aliphatic heterocycles. The normalized spacial score (nSPS) is 9.90. The van der Waals surface area contributed by atoms with E-state index in [1.165, 1.54) is 12.1 Å². The molecule has 1 amide bonds. The summed E-state index contributed by atoms with van der Waals surface area (Å²) >= 11 is 11.6. The third-order valence-electron chi connectivity index (χ3n) is 2.40. The van der Waals surface area contributed by atoms with Crippen molar-refractivity contribution in [2.45, 2.75) is 0 Å². The van der Waals surface area contributed by atoms with E-state index in [4.69, 9.17) is 23.2 Å². The Labute approximate surface area is 130 Å². The SMILES string of the molecule is COC(=O)CN(CC(=O)OC)C(=O)c1nc(Cl)ccc1Cl. The van der Waals surface area contributed by atoms with Gasteiger partial charge in [0.25, 0.3) is 5.91 Å². The van der Waals surface area contributed by atoms with Gasteiger partial charge in [-0.05, 0) is 12.1 Å². The zero-order valence-corrected chi connectivity index (χ0v) is 12.8. The molecule has 0 bridgehead atoms. The molecule has 1 aromatic rings. The molecule has 0 radical (unpaired) electrons. The zero-order chi connectivity index (χ0) is 16.0. The second-order valence-electron chi connectivity index (χ2n) is 3.78. The Morgan fingerprint density at radius 1 is 1.10 bits per heavy atom. The van der Waals surface area contributed by atoms with Gasteiger partial charge in [-0.2, -0.15) is 0 Å². The predicted molar refractivity (Wildman–Crippen MR) is 74.2 cm³/mol. The minimum absolute atomic E-state index is 0.0455. The van der Waals surface area contributed by atoms with Crippen LogP contribution in [0.15, 0.2) is 12.1 Å². The summed E-state index contributed by atoms with van der Waals surface area (Å²) in [7, 11) is 2.32. The van der Waals surface area contributed by atoms with Gasteiger partial charge >= 0.3 is 11.9 Å². The average molecular weight is 335 g/mol. The average Bonchev–Trinajstić information content (AvgIpc) is 2.47. The largest absolute Gasteiger partial charge is 0.468 e. The van der Waals surface area contributed by atoms with Crippen LogP contribution in [0.2, 0.25) is 10.2 Å². The van der Waals surface area contributed by atoms with E-state index in [9.17, 15) is 14.4 Å². The Morgan fingerprint density at radius 2 is 1.62 bits per heavy atom. The van der Waals surface area contributed by atoms with Gasteiger partial charge in [0.15, 0.2) is 0 Å². The number of pyridine rings is 1. The van der Waals surface area contributed by atoms with E-state index in [-0.39, 0.29) is 15.9 Å². The Balaban J connectivity index is 3.05. The fourth-order valence-corrected chi connectivity index (χ4v) is 1.69. The summed E-state index contributed by atoms with van der Waals surface area (Å²) in [6.45, 7) is -0.899. The first kappa shape index (κ1) is 17.2. The van der Waals surface area contributed by atoms with Crippen LogP contribution in [0.5, 0.6) is 0 Å². The molecule has 0 aromatic carbocycles. The zero-order valence-electron chi connectivity index (χ0n) is 11.3. The minimum Gasteiger partial charge on any atom is -0.468 e. The number of rotatable bonds is 5. The Morgan fingerprint density at radius 3 is 2.10 bits per heavy atom. The molecule has 0 N–H and O–H groups in total. The van der Waals surface area contributed by atoms with E-state index in [0.29, 0.717) is 0 Å². The van der Waals surface area contributed by atoms with Gasteiger partial charge in [-0.25, -0.2) is 4.98 Å². The first-order valence-electron chi connectivity index (χ1n) is 5.64. The van der Waals surface area contributed by atoms with Crippen LogP contribution in [0.25, 0.3) is 0 Å². The van der Waals surface area contributed by atoms with Crippen molar-refractivity contribution in [1.82, 2.24) is 9.88 Å². The van der Waals surface area contributed by atoms with Crippen LogP contribution in [0.1, 0.15) is 10.5 Å². The number of amides is 1. The molecule has 1 heterocycles. The van der Waals surface area contributed by atoms with Crippen LogP contribution in [0.3, 0.4) is 0 Å². The molecule has 0 spiro atoms. The molecule has 114 valence electrons. The van der Waals surface area contributed by atoms with E-state index in [2.05, 4.69) is 14.5 Å². The molecule has 1 rings (SSSR count). The standard InChI is InChI=1S/C12H12Cl2N2O5/c1-20-9(17)5-16(6-10(18)21-2)12(19)11-7(13)3-4-8(14)15-11/h3-4H,5-6H2,1-2H3. The molecule has 9 heteroatoms. The molecule has 0 aliphatic carbocycles. The molecule has 0 aliphatic rings. The lowest BCUT2D eigenvalue weighted by atomic mass is 10.3. The molecule has 0 atom stereocenters. The van der Waals surface area contributed by atoms with Crippen molar-refractivity contribution in [3.63, 3.8) is 0 Å². The number of nitrogens with zero attached hydrogens (tertiary/aromatic N) is 2. The Hall–Kier alpha value is -1.86. The van der Waals surface area contributed by atoms with Crippen LogP contribution < -0.4 is 0 Å². The molecule has 0 unspecified atom stereocenters. The molecule has 0 saturated carbocycles. The number of aromatic nitrogens is 1. The van der Waals surface area contributed by atoms with Crippen LogP contribution in [0, 0.1) is 0 Å². The van der Waals surface area contributed by atoms with Crippen molar-refractivity contribution < 1.29 is 23.9 Å². The van der Waals surface area contributed by atoms with Crippen LogP contribution in [-0.4, -0.2) is 55.0 Å². The van der Waals surface area contributed by atoms with Crippen LogP contribution >= 0.6 is 23.2 Å². The van der Waals surface area contributed by atoms with Gasteiger partial charge in [0.1, 0.15) is 23.9 Å². The minimum atomic E-state index is -0.738. The van der Waals surface area contributed by atoms with E-state index >= 15 is 0 Å². The first-order valence-corrected chi connectivity index (χ1v) is 6.39. The van der Waals surface area contributed by atoms with Crippen molar-refractivity contribution in [2.24, 2.45) is 0 Å². The highest BCUT2D eigenvalue weighted by Crippen LogP contribution is 2.18. The van der Waals surface area contributed by atoms with Gasteiger partial charge < -0.3 is 14.4 Å². The summed E-state index contributed by atoms with van der Waals surface area (Å²) in [4.78, 5) is 39.7. The predicted octanol–water partition coefficient (Wildman–Crippen LogP) is 1.18. The van der Waals surface area contributed by atoms with E-state index in [0.717, 1.165) is 19.1 Å². The number of methoxy groups -OCH3 is 2. The monoisotopic (exact) mass is 334 g/mol. The second kappa shape index (κ2) is 7.80. The van der Waals surface area contributed by atoms with Crippen molar-refractivity contribution in [2.75, 3.05) is 27.3 Å². The van der Waals surface area contributed by atoms with E-state index < -0.39 is 30.9 Å². The summed E-state index contributed by atoms with van der Waals surface area (Å²) < 4.78 is 8.94. The number of halogens is 2. The number of ether oxygens (including phenoxy) is 2. The molecule has 1 aromatic heterocycles. The molecular formula is C12H12Cl2N2O5. The van der Waals surface area contributed by atoms with Crippen molar-refractivity contribution in [3.05, 3.63) is 28.0 Å². The molecule has 21 heavy (non-hydrogen) atoms. The third-order valence-corrected chi connectivity index (χ3v) is 2.91. The Bertz CT molecular complexity index is 547. The maximum atomic E-state index is 12.3. The lowest BCUT2D eigenvalue weighted by Gasteiger charge is -2.20. The fraction of sp³-hybridized carbons (Fsp3) is 0.333. The van der Waals surface area contributed by atoms with Crippen LogP contribution in [-0.2, 0) is 19.1 Å². The fourth-order valence-electron chi connectivity index (χ4n) is 1.36. The second-order valence-corrected chi connectivity index (χ2v) is 4.57. The quantitative estimate of drug-likeness (QED) is 0.593. The Kier molecular flexibility index (Phi) is 6.39. The van der Waals surface area contributed by atoms with Gasteiger partial charge in [0.2, 0.25) is 0 Å². The van der Waals surface area contributed by atoms with Crippen molar-refractivity contribution in [3.8, 4) is 0 Å². The highest BCUT2D eigenvalue weighted by molar-refractivity contribution is 6.34. The number of esters is 2. The summed E-state index contributed by atoms with van der Waals surface area (Å²) in [6, 6.07) is 2.80. The van der Waals surface area contributed by atoms with Gasteiger partial charge in [0.05, 0.1) is 19.2 Å². The smallest absolute Gasteiger partial charge is 0.325 e. The van der Waals surface area contributed by atoms with Crippen LogP contribution in [0.4, 0.5) is 0 Å². The summed E-state index contributed by atoms with van der Waals surface area (Å²) in [5, 5.41) is 0.1000. The van der Waals surface area contributed by atoms with Gasteiger partial charge in [-0.1, -0.05) is 23.2 Å². The van der Waals surface area contributed by atoms with Crippen molar-refractivity contribution in [1.29, 1.82) is 0 Å². The maximum absolute atomic E-state index is 12.3. The summed E-state index contributed by atoms with van der Waals surface area (Å²) in [5.41, 5.74) is -0.169. The van der Waals surface area contributed by atoms with Gasteiger partial charge in [0, 0.05) is 0 Å². The highest BCUT2D eigenvalue weighted by atomic mass is 35.5. The number of carbonyl (C=O) groups excluding carboxylic acids is 3. The van der Waals surface area contributed by atoms with Crippen molar-refractivity contribution >= 4 is 41.0 Å². The first-order chi connectivity index (χ1) is 9.88. The van der Waals surface area contributed by atoms with E-state index in [1.807, 2.05) is 0 Å². The van der Waals surface area contributed by atoms with E-state index in [1.54, 1.807) is 0 Å². The topological polar surface area (TPSA) is 85.8 Å². The lowest BCUT2D eigenvalue weighted by molar-refractivity contribution is -0.144. The number of hydrogen-bond donors (Lipinski definition) is 0. The number of carbonyl (C=O) groups is 3. The number of hydrogen-bond acceptors (Lipinski definition) is 6. The van der Waals surface area contributed by atoms with Gasteiger partial charge in [-0.3, -0.25) is 14.4 Å². The lowest BCUT2D eigenvalue weighted by Crippen LogP contribution is -2.40. The summed E-state index contributed by atoms with van der Waals surface area (Å²) in [6.07, 6.45) is 0. The molecular weight excluding hydrogens is 323 g/mol. The third kappa shape index (κ3) is 4.87. The molecule has 0 saturated heterocycles. The molecule has 0 fully saturated rings.